The molecule has 208 valence electrons. The zero-order valence-corrected chi connectivity index (χ0v) is 22.3. The number of aryl methyl sites for hydroxylation is 3. The van der Waals surface area contributed by atoms with E-state index in [1.165, 1.54) is 13.2 Å². The lowest BCUT2D eigenvalue weighted by Crippen LogP contribution is -2.38. The van der Waals surface area contributed by atoms with E-state index in [9.17, 15) is 18.0 Å². The number of carbonyl (C=O) groups is 1. The van der Waals surface area contributed by atoms with Crippen LogP contribution in [-0.4, -0.2) is 48.3 Å². The molecular weight excluding hydrogens is 521 g/mol. The van der Waals surface area contributed by atoms with Gasteiger partial charge in [-0.3, -0.25) is 14.5 Å². The van der Waals surface area contributed by atoms with Crippen LogP contribution < -0.4 is 4.74 Å². The maximum Gasteiger partial charge on any atom is 0.435 e. The summed E-state index contributed by atoms with van der Waals surface area (Å²) in [4.78, 5) is 24.8. The predicted molar refractivity (Wildman–Crippen MR) is 141 cm³/mol. The number of carbonyl (C=O) groups excluding carboxylic acids is 1. The van der Waals surface area contributed by atoms with Crippen molar-refractivity contribution in [1.29, 1.82) is 0 Å². The molecule has 0 saturated heterocycles. The van der Waals surface area contributed by atoms with E-state index >= 15 is 0 Å². The van der Waals surface area contributed by atoms with E-state index in [0.717, 1.165) is 47.2 Å². The van der Waals surface area contributed by atoms with Crippen molar-refractivity contribution in [3.05, 3.63) is 83.0 Å². The highest BCUT2D eigenvalue weighted by Crippen LogP contribution is 2.44. The van der Waals surface area contributed by atoms with Gasteiger partial charge in [0.25, 0.3) is 5.91 Å². The van der Waals surface area contributed by atoms with Crippen LogP contribution in [0.4, 0.5) is 13.2 Å². The van der Waals surface area contributed by atoms with Crippen LogP contribution in [0.25, 0.3) is 11.1 Å². The van der Waals surface area contributed by atoms with Gasteiger partial charge in [-0.05, 0) is 54.5 Å². The topological polar surface area (TPSA) is 78.1 Å². The number of nitrogens with zero attached hydrogens (tertiary/aromatic N) is 6. The van der Waals surface area contributed by atoms with Crippen molar-refractivity contribution in [1.82, 2.24) is 29.2 Å². The van der Waals surface area contributed by atoms with E-state index in [1.54, 1.807) is 35.4 Å². The number of ether oxygens (including phenoxy) is 1. The van der Waals surface area contributed by atoms with Crippen LogP contribution in [0.5, 0.6) is 5.75 Å². The summed E-state index contributed by atoms with van der Waals surface area (Å²) in [5.41, 5.74) is 3.09. The zero-order valence-electron chi connectivity index (χ0n) is 22.3. The molecule has 0 bridgehead atoms. The number of amides is 1. The number of aromatic nitrogens is 5. The minimum Gasteiger partial charge on any atom is -0.490 e. The maximum absolute atomic E-state index is 14.3. The molecule has 0 saturated carbocycles. The summed E-state index contributed by atoms with van der Waals surface area (Å²) in [5, 5.41) is 3.70. The minimum atomic E-state index is -4.68. The van der Waals surface area contributed by atoms with Gasteiger partial charge in [0.15, 0.2) is 5.69 Å². The van der Waals surface area contributed by atoms with E-state index < -0.39 is 11.9 Å². The number of alkyl halides is 3. The maximum atomic E-state index is 14.3. The van der Waals surface area contributed by atoms with Crippen LogP contribution in [0.2, 0.25) is 0 Å². The lowest BCUT2D eigenvalue weighted by Gasteiger charge is -2.34. The molecule has 0 N–H and O–H groups in total. The second kappa shape index (κ2) is 10.1. The molecule has 8 nitrogen and oxygen atoms in total. The molecule has 4 aromatic rings. The van der Waals surface area contributed by atoms with Gasteiger partial charge in [0.05, 0.1) is 24.5 Å². The van der Waals surface area contributed by atoms with Crippen LogP contribution >= 0.6 is 0 Å². The number of fused-ring (bicyclic) bond motifs is 2. The average Bonchev–Trinajstić information content (AvgIpc) is 3.56. The van der Waals surface area contributed by atoms with E-state index in [-0.39, 0.29) is 41.0 Å². The molecule has 0 spiro atoms. The van der Waals surface area contributed by atoms with Crippen LogP contribution in [0, 0.1) is 0 Å². The fourth-order valence-electron chi connectivity index (χ4n) is 5.77. The lowest BCUT2D eigenvalue weighted by molar-refractivity contribution is -0.140. The summed E-state index contributed by atoms with van der Waals surface area (Å²) in [6.45, 7) is 2.86. The van der Waals surface area contributed by atoms with Gasteiger partial charge >= 0.3 is 6.18 Å². The molecule has 1 aliphatic carbocycles. The predicted octanol–water partition coefficient (Wildman–Crippen LogP) is 5.22. The number of hydrogen-bond acceptors (Lipinski definition) is 5. The van der Waals surface area contributed by atoms with Gasteiger partial charge < -0.3 is 14.2 Å². The Hall–Kier alpha value is -4.15. The molecule has 40 heavy (non-hydrogen) atoms. The molecule has 4 heterocycles. The smallest absolute Gasteiger partial charge is 0.435 e. The molecule has 1 atom stereocenters. The standard InChI is InChI=1S/C29H29F3N6O2/c1-3-18-11-21-24(34-14-18)5-4-6-25(21)38-9-10-40-26-20(23-16-36(2)35-27(23)29(30,31)32)12-19(13-22(26)28(38)39)15-37-8-7-33-17-37/h7-8,11-14,16-17,25H,3-6,9-10,15H2,1-2H3/t25-/m0/s1. The molecular formula is C29H29F3N6O2. The highest BCUT2D eigenvalue weighted by Gasteiger charge is 2.40. The van der Waals surface area contributed by atoms with E-state index in [2.05, 4.69) is 28.1 Å². The number of halogens is 3. The van der Waals surface area contributed by atoms with Gasteiger partial charge in [0, 0.05) is 55.2 Å². The van der Waals surface area contributed by atoms with Crippen LogP contribution in [0.1, 0.15) is 64.2 Å². The SMILES string of the molecule is CCc1cnc2c(c1)[C@@H](N1CCOc3c(cc(Cn4ccnc4)cc3-c3cn(C)nc3C(F)(F)F)C1=O)CCC2. The first-order valence-corrected chi connectivity index (χ1v) is 13.4. The number of rotatable bonds is 5. The number of benzene rings is 1. The third kappa shape index (κ3) is 4.73. The Balaban J connectivity index is 1.49. The monoisotopic (exact) mass is 550 g/mol. The summed E-state index contributed by atoms with van der Waals surface area (Å²) in [5.74, 6) is -0.115. The first-order chi connectivity index (χ1) is 19.2. The van der Waals surface area contributed by atoms with Crippen molar-refractivity contribution in [2.24, 2.45) is 7.05 Å². The Bertz CT molecular complexity index is 1560. The number of imidazole rings is 1. The normalized spacial score (nSPS) is 17.3. The van der Waals surface area contributed by atoms with Crippen LogP contribution in [-0.2, 0) is 32.6 Å². The minimum absolute atomic E-state index is 0.125. The second-order valence-electron chi connectivity index (χ2n) is 10.3. The van der Waals surface area contributed by atoms with Crippen molar-refractivity contribution < 1.29 is 22.7 Å². The molecule has 6 rings (SSSR count). The largest absolute Gasteiger partial charge is 0.490 e. The van der Waals surface area contributed by atoms with E-state index in [0.29, 0.717) is 18.7 Å². The van der Waals surface area contributed by atoms with E-state index in [1.807, 2.05) is 11.1 Å². The highest BCUT2D eigenvalue weighted by molar-refractivity contribution is 6.00. The van der Waals surface area contributed by atoms with Crippen LogP contribution in [0.15, 0.2) is 49.3 Å². The Morgan fingerprint density at radius 3 is 2.70 bits per heavy atom. The number of pyridine rings is 1. The summed E-state index contributed by atoms with van der Waals surface area (Å²) in [6.07, 6.45) is 6.91. The van der Waals surface area contributed by atoms with Gasteiger partial charge in [0.1, 0.15) is 12.4 Å². The highest BCUT2D eigenvalue weighted by atomic mass is 19.4. The fourth-order valence-corrected chi connectivity index (χ4v) is 5.77. The van der Waals surface area contributed by atoms with Crippen molar-refractivity contribution in [3.8, 4) is 16.9 Å². The average molecular weight is 551 g/mol. The second-order valence-corrected chi connectivity index (χ2v) is 10.3. The summed E-state index contributed by atoms with van der Waals surface area (Å²) in [7, 11) is 1.44. The Morgan fingerprint density at radius 2 is 1.95 bits per heavy atom. The fraction of sp³-hybridized carbons (Fsp3) is 0.379. The molecule has 1 amide bonds. The first-order valence-electron chi connectivity index (χ1n) is 13.4. The van der Waals surface area contributed by atoms with Gasteiger partial charge in [-0.15, -0.1) is 0 Å². The summed E-state index contributed by atoms with van der Waals surface area (Å²) >= 11 is 0. The quantitative estimate of drug-likeness (QED) is 0.341. The number of hydrogen-bond donors (Lipinski definition) is 0. The molecule has 0 fully saturated rings. The first kappa shape index (κ1) is 26.1. The molecule has 0 radical (unpaired) electrons. The Labute approximate surface area is 229 Å². The zero-order chi connectivity index (χ0) is 28.0. The van der Waals surface area contributed by atoms with Crippen molar-refractivity contribution in [2.45, 2.75) is 51.4 Å². The van der Waals surface area contributed by atoms with Gasteiger partial charge in [0.2, 0.25) is 0 Å². The molecule has 1 aromatic carbocycles. The lowest BCUT2D eigenvalue weighted by atomic mass is 9.88. The van der Waals surface area contributed by atoms with Gasteiger partial charge in [-0.25, -0.2) is 4.98 Å². The summed E-state index contributed by atoms with van der Waals surface area (Å²) in [6, 6.07) is 5.34. The van der Waals surface area contributed by atoms with Crippen molar-refractivity contribution in [3.63, 3.8) is 0 Å². The Kier molecular flexibility index (Phi) is 6.59. The Morgan fingerprint density at radius 1 is 1.12 bits per heavy atom. The van der Waals surface area contributed by atoms with Crippen molar-refractivity contribution in [2.75, 3.05) is 13.2 Å². The molecule has 1 aliphatic heterocycles. The molecule has 0 unspecified atom stereocenters. The third-order valence-corrected chi connectivity index (χ3v) is 7.63. The molecule has 3 aromatic heterocycles. The van der Waals surface area contributed by atoms with Crippen molar-refractivity contribution >= 4 is 5.91 Å². The van der Waals surface area contributed by atoms with Crippen LogP contribution in [0.3, 0.4) is 0 Å². The van der Waals surface area contributed by atoms with E-state index in [4.69, 9.17) is 4.74 Å². The molecule has 11 heteroatoms. The molecule has 2 aliphatic rings. The third-order valence-electron chi connectivity index (χ3n) is 7.63. The van der Waals surface area contributed by atoms with Gasteiger partial charge in [-0.1, -0.05) is 13.0 Å². The summed E-state index contributed by atoms with van der Waals surface area (Å²) < 4.78 is 51.2. The van der Waals surface area contributed by atoms with Gasteiger partial charge in [-0.2, -0.15) is 18.3 Å².